The molecular formula is C28H37N3O9. The van der Waals surface area contributed by atoms with E-state index in [0.717, 1.165) is 18.4 Å². The molecule has 0 aliphatic carbocycles. The molecule has 2 heterocycles. The topological polar surface area (TPSA) is 164 Å². The number of esters is 1. The largest absolute Gasteiger partial charge is 0.496 e. The number of likely N-dealkylation sites (tertiary alicyclic amines) is 1. The summed E-state index contributed by atoms with van der Waals surface area (Å²) in [6, 6.07) is 2.89. The fourth-order valence-corrected chi connectivity index (χ4v) is 4.83. The smallest absolute Gasteiger partial charge is 0.407 e. The van der Waals surface area contributed by atoms with Crippen molar-refractivity contribution in [1.29, 1.82) is 0 Å². The lowest BCUT2D eigenvalue weighted by atomic mass is 10.0. The van der Waals surface area contributed by atoms with Gasteiger partial charge >= 0.3 is 18.0 Å². The Labute approximate surface area is 232 Å². The van der Waals surface area contributed by atoms with Crippen LogP contribution in [0.1, 0.15) is 62.0 Å². The van der Waals surface area contributed by atoms with E-state index in [2.05, 4.69) is 15.0 Å². The van der Waals surface area contributed by atoms with E-state index in [0.29, 0.717) is 48.9 Å². The second-order valence-corrected chi connectivity index (χ2v) is 10.1. The van der Waals surface area contributed by atoms with E-state index in [1.54, 1.807) is 26.0 Å². The molecule has 12 heteroatoms. The van der Waals surface area contributed by atoms with Gasteiger partial charge in [0.15, 0.2) is 5.43 Å². The summed E-state index contributed by atoms with van der Waals surface area (Å²) < 4.78 is 15.4. The Bertz CT molecular complexity index is 1300. The molecule has 0 spiro atoms. The number of aromatic nitrogens is 1. The summed E-state index contributed by atoms with van der Waals surface area (Å²) in [6.45, 7) is 4.06. The molecule has 12 nitrogen and oxygen atoms in total. The fourth-order valence-electron chi connectivity index (χ4n) is 4.83. The highest BCUT2D eigenvalue weighted by atomic mass is 16.5. The lowest BCUT2D eigenvalue weighted by molar-refractivity contribution is -0.149. The number of amides is 2. The standard InChI is InChI=1S/C28H37N3O9/c1-16(2)24(25(33)31-11-8-10-21(31)26(34)35)30-28(37)40-12-7-5-6-9-17-13-18-19(15-23(17)38-3)29-20(14-22(18)32)27(36)39-4/h13-16,21,24H,5-12H2,1-4H3,(H,29,32)(H,30,37)(H,34,35)/t21-,24-/m0/s1. The van der Waals surface area contributed by atoms with Gasteiger partial charge < -0.3 is 34.5 Å². The monoisotopic (exact) mass is 559 g/mol. The van der Waals surface area contributed by atoms with Crippen molar-refractivity contribution < 1.29 is 38.5 Å². The third-order valence-electron chi connectivity index (χ3n) is 6.99. The lowest BCUT2D eigenvalue weighted by Crippen LogP contribution is -2.53. The number of ether oxygens (including phenoxy) is 3. The molecule has 1 aromatic heterocycles. The summed E-state index contributed by atoms with van der Waals surface area (Å²) in [4.78, 5) is 65.4. The minimum absolute atomic E-state index is 0.0587. The van der Waals surface area contributed by atoms with Gasteiger partial charge in [0, 0.05) is 24.1 Å². The Morgan fingerprint density at radius 1 is 1.12 bits per heavy atom. The molecule has 1 aromatic carbocycles. The molecule has 0 radical (unpaired) electrons. The van der Waals surface area contributed by atoms with Gasteiger partial charge in [0.1, 0.15) is 23.5 Å². The Balaban J connectivity index is 1.49. The highest BCUT2D eigenvalue weighted by Crippen LogP contribution is 2.26. The number of rotatable bonds is 12. The van der Waals surface area contributed by atoms with Crippen molar-refractivity contribution in [1.82, 2.24) is 15.2 Å². The zero-order valence-electron chi connectivity index (χ0n) is 23.3. The SMILES string of the molecule is COC(=O)c1cc(=O)c2cc(CCCCCOC(=O)N[C@H](C(=O)N3CCC[C@H]3C(=O)O)C(C)C)c(OC)cc2[nH]1. The van der Waals surface area contributed by atoms with Gasteiger partial charge in [-0.1, -0.05) is 13.8 Å². The maximum Gasteiger partial charge on any atom is 0.407 e. The number of aromatic amines is 1. The summed E-state index contributed by atoms with van der Waals surface area (Å²) >= 11 is 0. The Morgan fingerprint density at radius 2 is 1.88 bits per heavy atom. The molecule has 1 fully saturated rings. The highest BCUT2D eigenvalue weighted by molar-refractivity contribution is 5.92. The molecule has 0 unspecified atom stereocenters. The van der Waals surface area contributed by atoms with E-state index in [-0.39, 0.29) is 23.6 Å². The number of methoxy groups -OCH3 is 2. The van der Waals surface area contributed by atoms with Gasteiger partial charge in [-0.05, 0) is 56.1 Å². The minimum atomic E-state index is -1.04. The molecule has 1 aliphatic heterocycles. The molecule has 3 N–H and O–H groups in total. The normalized spacial score (nSPS) is 15.6. The van der Waals surface area contributed by atoms with Crippen LogP contribution in [0.5, 0.6) is 5.75 Å². The second kappa shape index (κ2) is 13.8. The number of fused-ring (bicyclic) bond motifs is 1. The second-order valence-electron chi connectivity index (χ2n) is 10.1. The Hall–Kier alpha value is -4.09. The molecule has 1 saturated heterocycles. The number of benzene rings is 1. The van der Waals surface area contributed by atoms with Crippen LogP contribution in [0.3, 0.4) is 0 Å². The number of carboxylic acids is 1. The Kier molecular flexibility index (Phi) is 10.5. The number of pyridine rings is 1. The lowest BCUT2D eigenvalue weighted by Gasteiger charge is -2.29. The molecule has 40 heavy (non-hydrogen) atoms. The number of nitrogens with zero attached hydrogens (tertiary/aromatic N) is 1. The number of carbonyl (C=O) groups is 4. The van der Waals surface area contributed by atoms with Crippen molar-refractivity contribution in [2.24, 2.45) is 5.92 Å². The number of H-pyrrole nitrogens is 1. The van der Waals surface area contributed by atoms with Gasteiger partial charge in [0.25, 0.3) is 0 Å². The molecule has 2 atom stereocenters. The first-order valence-electron chi connectivity index (χ1n) is 13.4. The van der Waals surface area contributed by atoms with Crippen molar-refractivity contribution in [2.45, 2.75) is 64.5 Å². The van der Waals surface area contributed by atoms with Crippen molar-refractivity contribution in [3.05, 3.63) is 39.7 Å². The molecule has 2 aromatic rings. The first kappa shape index (κ1) is 30.5. The number of carboxylic acid groups (broad SMARTS) is 1. The summed E-state index contributed by atoms with van der Waals surface area (Å²) in [7, 11) is 2.77. The number of carbonyl (C=O) groups excluding carboxylic acids is 3. The van der Waals surface area contributed by atoms with Crippen LogP contribution < -0.4 is 15.5 Å². The van der Waals surface area contributed by atoms with Gasteiger partial charge in [-0.25, -0.2) is 14.4 Å². The van der Waals surface area contributed by atoms with Gasteiger partial charge in [0.2, 0.25) is 5.91 Å². The van der Waals surface area contributed by atoms with Gasteiger partial charge in [0.05, 0.1) is 26.3 Å². The number of nitrogens with one attached hydrogen (secondary N) is 2. The summed E-state index contributed by atoms with van der Waals surface area (Å²) in [5.74, 6) is -1.76. The van der Waals surface area contributed by atoms with Crippen LogP contribution in [-0.4, -0.2) is 78.4 Å². The first-order valence-corrected chi connectivity index (χ1v) is 13.4. The highest BCUT2D eigenvalue weighted by Gasteiger charge is 2.38. The van der Waals surface area contributed by atoms with Gasteiger partial charge in [-0.15, -0.1) is 0 Å². The quantitative estimate of drug-likeness (QED) is 0.262. The zero-order valence-corrected chi connectivity index (χ0v) is 23.3. The van der Waals surface area contributed by atoms with Crippen LogP contribution in [0.25, 0.3) is 10.9 Å². The number of aryl methyl sites for hydroxylation is 1. The Morgan fingerprint density at radius 3 is 2.52 bits per heavy atom. The predicted molar refractivity (Wildman–Crippen MR) is 145 cm³/mol. The fraction of sp³-hybridized carbons (Fsp3) is 0.536. The van der Waals surface area contributed by atoms with Crippen LogP contribution in [0.2, 0.25) is 0 Å². The van der Waals surface area contributed by atoms with Crippen molar-refractivity contribution in [3.8, 4) is 5.75 Å². The average Bonchev–Trinajstić information content (AvgIpc) is 3.43. The van der Waals surface area contributed by atoms with Crippen molar-refractivity contribution in [3.63, 3.8) is 0 Å². The number of alkyl carbamates (subject to hydrolysis) is 1. The van der Waals surface area contributed by atoms with Crippen molar-refractivity contribution in [2.75, 3.05) is 27.4 Å². The van der Waals surface area contributed by atoms with Gasteiger partial charge in [-0.3, -0.25) is 9.59 Å². The zero-order chi connectivity index (χ0) is 29.4. The molecule has 1 aliphatic rings. The number of hydrogen-bond donors (Lipinski definition) is 3. The summed E-state index contributed by atoms with van der Waals surface area (Å²) in [6.07, 6.45) is 2.95. The molecular weight excluding hydrogens is 522 g/mol. The minimum Gasteiger partial charge on any atom is -0.496 e. The maximum absolute atomic E-state index is 12.9. The number of hydrogen-bond acceptors (Lipinski definition) is 8. The molecule has 0 bridgehead atoms. The van der Waals surface area contributed by atoms with Crippen LogP contribution in [0, 0.1) is 5.92 Å². The molecule has 2 amide bonds. The van der Waals surface area contributed by atoms with Crippen LogP contribution >= 0.6 is 0 Å². The van der Waals surface area contributed by atoms with Gasteiger partial charge in [-0.2, -0.15) is 0 Å². The van der Waals surface area contributed by atoms with Crippen LogP contribution in [-0.2, 0) is 25.5 Å². The average molecular weight is 560 g/mol. The van der Waals surface area contributed by atoms with Crippen LogP contribution in [0.15, 0.2) is 23.0 Å². The first-order chi connectivity index (χ1) is 19.1. The molecule has 0 saturated carbocycles. The molecule has 218 valence electrons. The predicted octanol–water partition coefficient (Wildman–Crippen LogP) is 2.86. The maximum atomic E-state index is 12.9. The number of aliphatic carboxylic acids is 1. The number of unbranched alkanes of at least 4 members (excludes halogenated alkanes) is 2. The summed E-state index contributed by atoms with van der Waals surface area (Å²) in [5.41, 5.74) is 1.06. The van der Waals surface area contributed by atoms with E-state index >= 15 is 0 Å². The third kappa shape index (κ3) is 7.30. The van der Waals surface area contributed by atoms with E-state index in [1.165, 1.54) is 25.2 Å². The molecule has 3 rings (SSSR count). The third-order valence-corrected chi connectivity index (χ3v) is 6.99. The van der Waals surface area contributed by atoms with E-state index in [1.807, 2.05) is 0 Å². The van der Waals surface area contributed by atoms with E-state index in [4.69, 9.17) is 9.47 Å². The van der Waals surface area contributed by atoms with Crippen molar-refractivity contribution >= 4 is 34.8 Å². The van der Waals surface area contributed by atoms with E-state index in [9.17, 15) is 29.1 Å². The van der Waals surface area contributed by atoms with Crippen LogP contribution in [0.4, 0.5) is 4.79 Å². The summed E-state index contributed by atoms with van der Waals surface area (Å²) in [5, 5.41) is 12.4. The van der Waals surface area contributed by atoms with E-state index < -0.39 is 36.0 Å².